The molecule has 0 aliphatic carbocycles. The smallest absolute Gasteiger partial charge is 0.254 e. The first-order valence-corrected chi connectivity index (χ1v) is 14.0. The monoisotopic (exact) mass is 556 g/mol. The quantitative estimate of drug-likeness (QED) is 0.324. The summed E-state index contributed by atoms with van der Waals surface area (Å²) in [7, 11) is -3.88. The summed E-state index contributed by atoms with van der Waals surface area (Å²) in [6.45, 7) is 1.68. The maximum absolute atomic E-state index is 13.4. The summed E-state index contributed by atoms with van der Waals surface area (Å²) in [5.41, 5.74) is 1.24. The number of furan rings is 1. The normalized spacial score (nSPS) is 15.6. The Balaban J connectivity index is 1.59. The SMILES string of the molecule is CC1=C(C(=O)Nc2ccc(S(N)(=O)=O)cc2)C(c2ccco2)C(C#N)=C(SCC(=O)Nc2nccs2)N1. The predicted octanol–water partition coefficient (Wildman–Crippen LogP) is 3.09. The fraction of sp³-hybridized carbons (Fsp3) is 0.130. The Bertz CT molecular complexity index is 1520. The number of hydrogen-bond acceptors (Lipinski definition) is 10. The first-order chi connectivity index (χ1) is 17.7. The summed E-state index contributed by atoms with van der Waals surface area (Å²) in [4.78, 5) is 29.7. The summed E-state index contributed by atoms with van der Waals surface area (Å²) in [6, 6.07) is 10.8. The molecule has 2 aromatic heterocycles. The molecular formula is C23H20N6O5S3. The van der Waals surface area contributed by atoms with Crippen molar-refractivity contribution in [2.24, 2.45) is 5.14 Å². The number of nitrogens with one attached hydrogen (secondary N) is 3. The second kappa shape index (κ2) is 11.0. The summed E-state index contributed by atoms with van der Waals surface area (Å²) in [5.74, 6) is -1.28. The molecule has 1 atom stereocenters. The average molecular weight is 557 g/mol. The Morgan fingerprint density at radius 3 is 2.62 bits per heavy atom. The molecule has 5 N–H and O–H groups in total. The van der Waals surface area contributed by atoms with Crippen molar-refractivity contribution in [1.82, 2.24) is 10.3 Å². The fourth-order valence-corrected chi connectivity index (χ4v) is 5.52. The van der Waals surface area contributed by atoms with Crippen LogP contribution in [0.1, 0.15) is 18.6 Å². The van der Waals surface area contributed by atoms with Crippen molar-refractivity contribution in [2.45, 2.75) is 17.7 Å². The molecule has 0 saturated heterocycles. The predicted molar refractivity (Wildman–Crippen MR) is 140 cm³/mol. The third-order valence-corrected chi connectivity index (χ3v) is 7.82. The van der Waals surface area contributed by atoms with Crippen molar-refractivity contribution < 1.29 is 22.4 Å². The van der Waals surface area contributed by atoms with Gasteiger partial charge >= 0.3 is 0 Å². The number of thioether (sulfide) groups is 1. The maximum Gasteiger partial charge on any atom is 0.254 e. The molecule has 14 heteroatoms. The number of thiazole rings is 1. The zero-order chi connectivity index (χ0) is 26.6. The number of carbonyl (C=O) groups is 2. The molecule has 0 radical (unpaired) electrons. The molecule has 3 heterocycles. The molecule has 190 valence electrons. The van der Waals surface area contributed by atoms with E-state index >= 15 is 0 Å². The van der Waals surface area contributed by atoms with Crippen LogP contribution >= 0.6 is 23.1 Å². The van der Waals surface area contributed by atoms with E-state index in [4.69, 9.17) is 9.56 Å². The van der Waals surface area contributed by atoms with E-state index in [1.54, 1.807) is 30.6 Å². The first-order valence-electron chi connectivity index (χ1n) is 10.6. The number of aromatic nitrogens is 1. The highest BCUT2D eigenvalue weighted by Gasteiger charge is 2.36. The Kier molecular flexibility index (Phi) is 7.79. The van der Waals surface area contributed by atoms with E-state index in [2.05, 4.69) is 27.0 Å². The molecule has 1 aliphatic rings. The van der Waals surface area contributed by atoms with Crippen LogP contribution in [0.25, 0.3) is 0 Å². The fourth-order valence-electron chi connectivity index (χ4n) is 3.57. The van der Waals surface area contributed by atoms with Crippen molar-refractivity contribution in [3.05, 3.63) is 81.9 Å². The van der Waals surface area contributed by atoms with E-state index in [-0.39, 0.29) is 27.7 Å². The lowest BCUT2D eigenvalue weighted by Gasteiger charge is -2.28. The van der Waals surface area contributed by atoms with E-state index in [1.807, 2.05) is 0 Å². The highest BCUT2D eigenvalue weighted by molar-refractivity contribution is 8.03. The zero-order valence-corrected chi connectivity index (χ0v) is 21.7. The van der Waals surface area contributed by atoms with Gasteiger partial charge in [0.1, 0.15) is 5.76 Å². The Morgan fingerprint density at radius 2 is 2.03 bits per heavy atom. The highest BCUT2D eigenvalue weighted by atomic mass is 32.2. The van der Waals surface area contributed by atoms with Gasteiger partial charge in [-0.15, -0.1) is 11.3 Å². The van der Waals surface area contributed by atoms with E-state index in [0.29, 0.717) is 27.3 Å². The van der Waals surface area contributed by atoms with Gasteiger partial charge in [0.05, 0.1) is 45.1 Å². The molecule has 4 rings (SSSR count). The molecule has 0 bridgehead atoms. The van der Waals surface area contributed by atoms with Gasteiger partial charge in [-0.1, -0.05) is 11.8 Å². The Morgan fingerprint density at radius 1 is 1.27 bits per heavy atom. The molecule has 11 nitrogen and oxygen atoms in total. The van der Waals surface area contributed by atoms with Crippen LogP contribution in [0.4, 0.5) is 10.8 Å². The molecule has 1 aromatic carbocycles. The number of nitriles is 1. The van der Waals surface area contributed by atoms with Crippen molar-refractivity contribution in [3.8, 4) is 6.07 Å². The molecule has 0 saturated carbocycles. The minimum atomic E-state index is -3.88. The number of benzene rings is 1. The second-order valence-electron chi connectivity index (χ2n) is 7.66. The zero-order valence-electron chi connectivity index (χ0n) is 19.2. The summed E-state index contributed by atoms with van der Waals surface area (Å²) in [5, 5.41) is 26.3. The van der Waals surface area contributed by atoms with Crippen LogP contribution in [-0.2, 0) is 19.6 Å². The molecule has 1 aliphatic heterocycles. The number of anilines is 2. The molecule has 2 amide bonds. The number of sulfonamides is 1. The second-order valence-corrected chi connectivity index (χ2v) is 11.1. The van der Waals surface area contributed by atoms with Crippen LogP contribution < -0.4 is 21.1 Å². The van der Waals surface area contributed by atoms with Gasteiger partial charge in [0, 0.05) is 23.0 Å². The van der Waals surface area contributed by atoms with Gasteiger partial charge in [0.2, 0.25) is 15.9 Å². The standard InChI is InChI=1S/C23H20N6O5S3/c1-13-19(21(31)28-14-4-6-15(7-5-14)37(25,32)33)20(17-3-2-9-34-17)16(11-24)22(27-13)36-12-18(30)29-23-26-8-10-35-23/h2-10,20,27H,12H2,1H3,(H,28,31)(H2,25,32,33)(H,26,29,30). The third kappa shape index (κ3) is 6.09. The highest BCUT2D eigenvalue weighted by Crippen LogP contribution is 2.41. The number of allylic oxidation sites excluding steroid dienone is 2. The lowest BCUT2D eigenvalue weighted by atomic mass is 9.85. The number of nitrogens with zero attached hydrogens (tertiary/aromatic N) is 2. The largest absolute Gasteiger partial charge is 0.468 e. The van der Waals surface area contributed by atoms with Gasteiger partial charge in [-0.25, -0.2) is 18.5 Å². The van der Waals surface area contributed by atoms with Crippen molar-refractivity contribution >= 4 is 55.8 Å². The van der Waals surface area contributed by atoms with Gasteiger partial charge in [-0.3, -0.25) is 9.59 Å². The van der Waals surface area contributed by atoms with E-state index < -0.39 is 21.8 Å². The van der Waals surface area contributed by atoms with Crippen LogP contribution in [0.15, 0.2) is 85.4 Å². The van der Waals surface area contributed by atoms with Crippen LogP contribution in [0.5, 0.6) is 0 Å². The molecule has 3 aromatic rings. The summed E-state index contributed by atoms with van der Waals surface area (Å²) >= 11 is 2.41. The number of hydrogen-bond donors (Lipinski definition) is 4. The van der Waals surface area contributed by atoms with Crippen molar-refractivity contribution in [2.75, 3.05) is 16.4 Å². The topological polar surface area (TPSA) is 180 Å². The van der Waals surface area contributed by atoms with E-state index in [9.17, 15) is 23.3 Å². The number of amides is 2. The summed E-state index contributed by atoms with van der Waals surface area (Å²) < 4.78 is 28.6. The maximum atomic E-state index is 13.4. The van der Waals surface area contributed by atoms with Gasteiger partial charge < -0.3 is 20.4 Å². The lowest BCUT2D eigenvalue weighted by molar-refractivity contribution is -0.114. The number of primary sulfonamides is 1. The van der Waals surface area contributed by atoms with Gasteiger partial charge in [0.15, 0.2) is 5.13 Å². The van der Waals surface area contributed by atoms with Crippen molar-refractivity contribution in [1.29, 1.82) is 5.26 Å². The Labute approximate surface area is 220 Å². The van der Waals surface area contributed by atoms with Gasteiger partial charge in [-0.05, 0) is 43.3 Å². The van der Waals surface area contributed by atoms with Crippen molar-refractivity contribution in [3.63, 3.8) is 0 Å². The van der Waals surface area contributed by atoms with Crippen LogP contribution in [0.3, 0.4) is 0 Å². The molecule has 0 fully saturated rings. The number of nitrogens with two attached hydrogens (primary N) is 1. The molecule has 1 unspecified atom stereocenters. The third-order valence-electron chi connectivity index (χ3n) is 5.19. The van der Waals surface area contributed by atoms with Crippen LogP contribution in [0.2, 0.25) is 0 Å². The molecule has 37 heavy (non-hydrogen) atoms. The van der Waals surface area contributed by atoms with Gasteiger partial charge in [0.25, 0.3) is 5.91 Å². The Hall–Kier alpha value is -3.90. The summed E-state index contributed by atoms with van der Waals surface area (Å²) in [6.07, 6.45) is 3.02. The van der Waals surface area contributed by atoms with E-state index in [1.165, 1.54) is 41.9 Å². The molecular weight excluding hydrogens is 536 g/mol. The van der Waals surface area contributed by atoms with Gasteiger partial charge in [-0.2, -0.15) is 5.26 Å². The minimum Gasteiger partial charge on any atom is -0.468 e. The number of carbonyl (C=O) groups excluding carboxylic acids is 2. The average Bonchev–Trinajstić information content (AvgIpc) is 3.56. The lowest BCUT2D eigenvalue weighted by Crippen LogP contribution is -2.31. The number of rotatable bonds is 8. The molecule has 0 spiro atoms. The number of dihydropyridines is 1. The van der Waals surface area contributed by atoms with Crippen LogP contribution in [0, 0.1) is 11.3 Å². The first kappa shape index (κ1) is 26.2. The van der Waals surface area contributed by atoms with E-state index in [0.717, 1.165) is 11.8 Å². The minimum absolute atomic E-state index is 0.00315. The van der Waals surface area contributed by atoms with Crippen LogP contribution in [-0.4, -0.2) is 31.0 Å².